The van der Waals surface area contributed by atoms with Gasteiger partial charge >= 0.3 is 6.16 Å². The summed E-state index contributed by atoms with van der Waals surface area (Å²) in [7, 11) is 0. The first-order chi connectivity index (χ1) is 12.7. The van der Waals surface area contributed by atoms with E-state index in [1.54, 1.807) is 0 Å². The Morgan fingerprint density at radius 3 is 2.31 bits per heavy atom. The van der Waals surface area contributed by atoms with Gasteiger partial charge in [-0.1, -0.05) is 81.6 Å². The fraction of sp³-hybridized carbons (Fsp3) is 0.435. The molecule has 0 bridgehead atoms. The van der Waals surface area contributed by atoms with Crippen LogP contribution in [0.2, 0.25) is 0 Å². The summed E-state index contributed by atoms with van der Waals surface area (Å²) < 4.78 is 11.2. The van der Waals surface area contributed by atoms with Gasteiger partial charge in [0.2, 0.25) is 0 Å². The predicted octanol–water partition coefficient (Wildman–Crippen LogP) is 6.87. The zero-order chi connectivity index (χ0) is 18.6. The summed E-state index contributed by atoms with van der Waals surface area (Å²) in [5.41, 5.74) is 2.07. The van der Waals surface area contributed by atoms with Gasteiger partial charge in [-0.25, -0.2) is 4.79 Å². The van der Waals surface area contributed by atoms with Crippen LogP contribution in [0.5, 0.6) is 5.75 Å². The van der Waals surface area contributed by atoms with Crippen LogP contribution >= 0.6 is 0 Å². The lowest BCUT2D eigenvalue weighted by molar-refractivity contribution is 0.0527. The quantitative estimate of drug-likeness (QED) is 0.265. The Balaban J connectivity index is 2.01. The fourth-order valence-corrected chi connectivity index (χ4v) is 2.96. The first-order valence-corrected chi connectivity index (χ1v) is 9.75. The van der Waals surface area contributed by atoms with E-state index in [9.17, 15) is 4.79 Å². The first kappa shape index (κ1) is 20.0. The van der Waals surface area contributed by atoms with Gasteiger partial charge in [0, 0.05) is 0 Å². The van der Waals surface area contributed by atoms with Gasteiger partial charge < -0.3 is 9.47 Å². The number of carbonyl (C=O) groups is 1. The maximum absolute atomic E-state index is 12.4. The van der Waals surface area contributed by atoms with Crippen molar-refractivity contribution in [3.63, 3.8) is 0 Å². The van der Waals surface area contributed by atoms with Crippen molar-refractivity contribution in [2.45, 2.75) is 64.9 Å². The summed E-state index contributed by atoms with van der Waals surface area (Å²) in [6.07, 6.45) is 6.31. The topological polar surface area (TPSA) is 35.5 Å². The molecule has 0 aliphatic heterocycles. The monoisotopic (exact) mass is 354 g/mol. The molecule has 1 unspecified atom stereocenters. The van der Waals surface area contributed by atoms with Crippen molar-refractivity contribution in [1.82, 2.24) is 0 Å². The van der Waals surface area contributed by atoms with Crippen LogP contribution < -0.4 is 4.74 Å². The van der Waals surface area contributed by atoms with Gasteiger partial charge in [0.25, 0.3) is 0 Å². The van der Waals surface area contributed by atoms with Gasteiger partial charge in [0.05, 0.1) is 0 Å². The van der Waals surface area contributed by atoms with Crippen molar-refractivity contribution in [2.24, 2.45) is 0 Å². The van der Waals surface area contributed by atoms with Crippen molar-refractivity contribution in [2.75, 3.05) is 0 Å². The summed E-state index contributed by atoms with van der Waals surface area (Å²) in [6, 6.07) is 17.6. The average Bonchev–Trinajstić information content (AvgIpc) is 2.67. The summed E-state index contributed by atoms with van der Waals surface area (Å²) in [4.78, 5) is 12.4. The van der Waals surface area contributed by atoms with Crippen molar-refractivity contribution in [3.05, 3.63) is 65.7 Å². The van der Waals surface area contributed by atoms with E-state index in [-0.39, 0.29) is 6.10 Å². The van der Waals surface area contributed by atoms with Crippen LogP contribution in [0, 0.1) is 0 Å². The van der Waals surface area contributed by atoms with Crippen LogP contribution in [0.3, 0.4) is 0 Å². The smallest absolute Gasteiger partial charge is 0.426 e. The summed E-state index contributed by atoms with van der Waals surface area (Å²) in [5.74, 6) is 0.607. The molecule has 0 aliphatic rings. The third kappa shape index (κ3) is 6.55. The Morgan fingerprint density at radius 2 is 1.58 bits per heavy atom. The molecule has 3 nitrogen and oxygen atoms in total. The predicted molar refractivity (Wildman–Crippen MR) is 105 cm³/mol. The molecule has 1 atom stereocenters. The third-order valence-corrected chi connectivity index (χ3v) is 4.45. The summed E-state index contributed by atoms with van der Waals surface area (Å²) in [6.45, 7) is 4.31. The van der Waals surface area contributed by atoms with Crippen LogP contribution in [0.15, 0.2) is 54.6 Å². The normalized spacial score (nSPS) is 11.8. The van der Waals surface area contributed by atoms with Crippen molar-refractivity contribution >= 4 is 6.16 Å². The van der Waals surface area contributed by atoms with Crippen LogP contribution in [0.25, 0.3) is 0 Å². The van der Waals surface area contributed by atoms with E-state index in [0.29, 0.717) is 5.75 Å². The number of rotatable bonds is 10. The third-order valence-electron chi connectivity index (χ3n) is 4.45. The minimum Gasteiger partial charge on any atom is -0.426 e. The maximum Gasteiger partial charge on any atom is 0.514 e. The second kappa shape index (κ2) is 11.3. The number of ether oxygens (including phenoxy) is 2. The maximum atomic E-state index is 12.4. The van der Waals surface area contributed by atoms with E-state index < -0.39 is 6.16 Å². The van der Waals surface area contributed by atoms with Crippen LogP contribution in [-0.4, -0.2) is 6.16 Å². The molecule has 0 amide bonds. The molecular weight excluding hydrogens is 324 g/mol. The molecular formula is C23H30O3. The average molecular weight is 354 g/mol. The minimum absolute atomic E-state index is 0.268. The van der Waals surface area contributed by atoms with E-state index >= 15 is 0 Å². The highest BCUT2D eigenvalue weighted by Crippen LogP contribution is 2.26. The molecule has 0 radical (unpaired) electrons. The van der Waals surface area contributed by atoms with Gasteiger partial charge in [0.15, 0.2) is 0 Å². The Bertz CT molecular complexity index is 652. The Labute approximate surface area is 157 Å². The first-order valence-electron chi connectivity index (χ1n) is 9.75. The summed E-state index contributed by atoms with van der Waals surface area (Å²) >= 11 is 0. The number of hydrogen-bond acceptors (Lipinski definition) is 3. The molecule has 2 rings (SSSR count). The highest BCUT2D eigenvalue weighted by atomic mass is 16.7. The number of hydrogen-bond donors (Lipinski definition) is 0. The lowest BCUT2D eigenvalue weighted by Crippen LogP contribution is -2.16. The zero-order valence-corrected chi connectivity index (χ0v) is 15.9. The molecule has 0 N–H and O–H groups in total. The second-order valence-corrected chi connectivity index (χ2v) is 6.58. The van der Waals surface area contributed by atoms with E-state index in [1.165, 1.54) is 12.8 Å². The summed E-state index contributed by atoms with van der Waals surface area (Å²) in [5, 5.41) is 0. The lowest BCUT2D eigenvalue weighted by Gasteiger charge is -2.18. The number of benzene rings is 2. The molecule has 0 saturated heterocycles. The second-order valence-electron chi connectivity index (χ2n) is 6.58. The van der Waals surface area contributed by atoms with E-state index in [4.69, 9.17) is 9.47 Å². The SMILES string of the molecule is CCCCCc1ccccc1OC(=O)OC(CCCC)c1ccccc1. The Morgan fingerprint density at radius 1 is 0.885 bits per heavy atom. The molecule has 26 heavy (non-hydrogen) atoms. The number of unbranched alkanes of at least 4 members (excludes halogenated alkanes) is 3. The van der Waals surface area contributed by atoms with Crippen LogP contribution in [0.4, 0.5) is 4.79 Å². The standard InChI is InChI=1S/C23H30O3/c1-3-5-8-13-19-16-11-12-18-22(19)26-23(24)25-21(17-6-4-2)20-14-9-7-10-15-20/h7,9-12,14-16,18,21H,3-6,8,13,17H2,1-2H3. The fourth-order valence-electron chi connectivity index (χ4n) is 2.96. The Hall–Kier alpha value is -2.29. The minimum atomic E-state index is -0.627. The molecule has 0 spiro atoms. The molecule has 2 aromatic carbocycles. The van der Waals surface area contributed by atoms with Crippen LogP contribution in [-0.2, 0) is 11.2 Å². The highest BCUT2D eigenvalue weighted by molar-refractivity contribution is 5.65. The molecule has 140 valence electrons. The van der Waals surface area contributed by atoms with Crippen molar-refractivity contribution < 1.29 is 14.3 Å². The molecule has 0 heterocycles. The van der Waals surface area contributed by atoms with E-state index in [1.807, 2.05) is 54.6 Å². The lowest BCUT2D eigenvalue weighted by atomic mass is 10.0. The molecule has 0 aliphatic carbocycles. The van der Waals surface area contributed by atoms with E-state index in [2.05, 4.69) is 13.8 Å². The van der Waals surface area contributed by atoms with Gasteiger partial charge in [0.1, 0.15) is 11.9 Å². The molecule has 0 aromatic heterocycles. The van der Waals surface area contributed by atoms with Crippen molar-refractivity contribution in [1.29, 1.82) is 0 Å². The highest BCUT2D eigenvalue weighted by Gasteiger charge is 2.18. The van der Waals surface area contributed by atoms with Crippen molar-refractivity contribution in [3.8, 4) is 5.75 Å². The zero-order valence-electron chi connectivity index (χ0n) is 15.9. The molecule has 0 fully saturated rings. The number of carbonyl (C=O) groups excluding carboxylic acids is 1. The van der Waals surface area contributed by atoms with E-state index in [0.717, 1.165) is 43.2 Å². The van der Waals surface area contributed by atoms with Gasteiger partial charge in [-0.2, -0.15) is 0 Å². The Kier molecular flexibility index (Phi) is 8.74. The van der Waals surface area contributed by atoms with Gasteiger partial charge in [-0.15, -0.1) is 0 Å². The van der Waals surface area contributed by atoms with Gasteiger partial charge in [-0.3, -0.25) is 0 Å². The van der Waals surface area contributed by atoms with Gasteiger partial charge in [-0.05, 0) is 42.9 Å². The largest absolute Gasteiger partial charge is 0.514 e. The molecule has 3 heteroatoms. The molecule has 0 saturated carbocycles. The number of aryl methyl sites for hydroxylation is 1. The number of para-hydroxylation sites is 1. The van der Waals surface area contributed by atoms with Crippen LogP contribution in [0.1, 0.15) is 69.6 Å². The molecule has 2 aromatic rings.